The Bertz CT molecular complexity index is 745. The molecule has 4 rings (SSSR count). The van der Waals surface area contributed by atoms with Gasteiger partial charge in [0, 0.05) is 18.1 Å². The Morgan fingerprint density at radius 1 is 1.18 bits per heavy atom. The Labute approximate surface area is 166 Å². The van der Waals surface area contributed by atoms with Crippen LogP contribution in [0.4, 0.5) is 5.69 Å². The molecule has 150 valence electrons. The van der Waals surface area contributed by atoms with Gasteiger partial charge in [-0.25, -0.2) is 0 Å². The van der Waals surface area contributed by atoms with Crippen molar-refractivity contribution in [2.45, 2.75) is 50.5 Å². The molecule has 2 aliphatic rings. The van der Waals surface area contributed by atoms with Crippen molar-refractivity contribution in [3.63, 3.8) is 0 Å². The van der Waals surface area contributed by atoms with Gasteiger partial charge in [-0.1, -0.05) is 19.3 Å². The summed E-state index contributed by atoms with van der Waals surface area (Å²) in [7, 11) is 0. The monoisotopic (exact) mass is 382 g/mol. The Kier molecular flexibility index (Phi) is 5.95. The van der Waals surface area contributed by atoms with Gasteiger partial charge in [-0.15, -0.1) is 0 Å². The predicted octanol–water partition coefficient (Wildman–Crippen LogP) is 3.56. The zero-order chi connectivity index (χ0) is 19.2. The van der Waals surface area contributed by atoms with Crippen molar-refractivity contribution in [3.05, 3.63) is 42.7 Å². The second-order valence-corrected chi connectivity index (χ2v) is 8.03. The van der Waals surface area contributed by atoms with Gasteiger partial charge >= 0.3 is 0 Å². The highest BCUT2D eigenvalue weighted by Crippen LogP contribution is 2.29. The van der Waals surface area contributed by atoms with Crippen LogP contribution in [-0.2, 0) is 10.3 Å². The minimum atomic E-state index is -0.634. The van der Waals surface area contributed by atoms with Gasteiger partial charge in [0.1, 0.15) is 11.3 Å². The summed E-state index contributed by atoms with van der Waals surface area (Å²) in [5, 5.41) is 10.8. The molecule has 28 heavy (non-hydrogen) atoms. The number of carbonyl (C=O) groups excluding carboxylic acids is 1. The number of rotatable bonds is 6. The summed E-state index contributed by atoms with van der Waals surface area (Å²) < 4.78 is 7.78. The number of piperidine rings is 1. The average molecular weight is 383 g/mol. The van der Waals surface area contributed by atoms with E-state index in [0.717, 1.165) is 44.0 Å². The molecule has 0 radical (unpaired) electrons. The zero-order valence-electron chi connectivity index (χ0n) is 16.4. The maximum absolute atomic E-state index is 13.2. The summed E-state index contributed by atoms with van der Waals surface area (Å²) in [5.74, 6) is 1.54. The standard InChI is InChI=1S/C22H30N4O2/c27-21(22(11-14-23-15-12-22)26-16-4-13-24-26)25-19-7-9-20(10-8-19)28-17-18-5-2-1-3-6-18/h4,7-10,13,16,18,23H,1-3,5-6,11-12,14-15,17H2,(H,25,27). The highest BCUT2D eigenvalue weighted by Gasteiger charge is 2.42. The Morgan fingerprint density at radius 2 is 1.93 bits per heavy atom. The third-order valence-electron chi connectivity index (χ3n) is 6.12. The number of amides is 1. The van der Waals surface area contributed by atoms with Gasteiger partial charge in [-0.2, -0.15) is 5.10 Å². The first kappa shape index (κ1) is 19.0. The van der Waals surface area contributed by atoms with Crippen LogP contribution in [0.5, 0.6) is 5.75 Å². The van der Waals surface area contributed by atoms with Gasteiger partial charge in [0.15, 0.2) is 0 Å². The smallest absolute Gasteiger partial charge is 0.252 e. The first-order valence-corrected chi connectivity index (χ1v) is 10.5. The summed E-state index contributed by atoms with van der Waals surface area (Å²) in [6.07, 6.45) is 11.6. The molecule has 0 atom stereocenters. The molecule has 1 aromatic heterocycles. The van der Waals surface area contributed by atoms with Crippen LogP contribution in [0, 0.1) is 5.92 Å². The summed E-state index contributed by atoms with van der Waals surface area (Å²) in [6, 6.07) is 9.61. The van der Waals surface area contributed by atoms with Crippen molar-refractivity contribution in [1.29, 1.82) is 0 Å². The molecule has 1 aliphatic heterocycles. The van der Waals surface area contributed by atoms with Gasteiger partial charge < -0.3 is 15.4 Å². The van der Waals surface area contributed by atoms with Crippen LogP contribution in [0.1, 0.15) is 44.9 Å². The van der Waals surface area contributed by atoms with E-state index in [1.807, 2.05) is 41.2 Å². The lowest BCUT2D eigenvalue weighted by atomic mass is 9.87. The quantitative estimate of drug-likeness (QED) is 0.802. The number of ether oxygens (including phenoxy) is 1. The third kappa shape index (κ3) is 4.22. The number of hydrogen-bond acceptors (Lipinski definition) is 4. The fourth-order valence-corrected chi connectivity index (χ4v) is 4.37. The van der Waals surface area contributed by atoms with Gasteiger partial charge in [0.25, 0.3) is 5.91 Å². The van der Waals surface area contributed by atoms with Gasteiger partial charge in [0.05, 0.1) is 6.61 Å². The minimum absolute atomic E-state index is 0.00595. The van der Waals surface area contributed by atoms with E-state index >= 15 is 0 Å². The molecule has 1 amide bonds. The van der Waals surface area contributed by atoms with Crippen LogP contribution in [0.2, 0.25) is 0 Å². The average Bonchev–Trinajstić information content (AvgIpc) is 3.30. The molecule has 2 fully saturated rings. The fourth-order valence-electron chi connectivity index (χ4n) is 4.37. The number of benzene rings is 1. The Hall–Kier alpha value is -2.34. The highest BCUT2D eigenvalue weighted by atomic mass is 16.5. The number of anilines is 1. The Morgan fingerprint density at radius 3 is 2.61 bits per heavy atom. The van der Waals surface area contributed by atoms with E-state index in [-0.39, 0.29) is 5.91 Å². The van der Waals surface area contributed by atoms with E-state index in [0.29, 0.717) is 5.92 Å². The lowest BCUT2D eigenvalue weighted by Gasteiger charge is -2.36. The van der Waals surface area contributed by atoms with Crippen molar-refractivity contribution in [3.8, 4) is 5.75 Å². The molecule has 2 aromatic rings. The van der Waals surface area contributed by atoms with Crippen molar-refractivity contribution >= 4 is 11.6 Å². The normalized spacial score (nSPS) is 19.9. The van der Waals surface area contributed by atoms with Crippen molar-refractivity contribution < 1.29 is 9.53 Å². The van der Waals surface area contributed by atoms with E-state index in [1.165, 1.54) is 32.1 Å². The molecule has 1 aromatic carbocycles. The maximum Gasteiger partial charge on any atom is 0.252 e. The summed E-state index contributed by atoms with van der Waals surface area (Å²) in [4.78, 5) is 13.2. The molecule has 2 N–H and O–H groups in total. The molecule has 2 heterocycles. The largest absolute Gasteiger partial charge is 0.493 e. The molecule has 1 saturated heterocycles. The fraction of sp³-hybridized carbons (Fsp3) is 0.545. The van der Waals surface area contributed by atoms with Crippen molar-refractivity contribution in [2.24, 2.45) is 5.92 Å². The molecular formula is C22H30N4O2. The first-order chi connectivity index (χ1) is 13.8. The lowest BCUT2D eigenvalue weighted by Crippen LogP contribution is -2.52. The molecular weight excluding hydrogens is 352 g/mol. The highest BCUT2D eigenvalue weighted by molar-refractivity contribution is 5.96. The zero-order valence-corrected chi connectivity index (χ0v) is 16.4. The van der Waals surface area contributed by atoms with Crippen LogP contribution in [0.3, 0.4) is 0 Å². The first-order valence-electron chi connectivity index (χ1n) is 10.5. The van der Waals surface area contributed by atoms with Crippen molar-refractivity contribution in [2.75, 3.05) is 25.0 Å². The van der Waals surface area contributed by atoms with E-state index in [9.17, 15) is 4.79 Å². The van der Waals surface area contributed by atoms with Crippen molar-refractivity contribution in [1.82, 2.24) is 15.1 Å². The molecule has 1 saturated carbocycles. The lowest BCUT2D eigenvalue weighted by molar-refractivity contribution is -0.126. The summed E-state index contributed by atoms with van der Waals surface area (Å²) in [5.41, 5.74) is 0.158. The summed E-state index contributed by atoms with van der Waals surface area (Å²) in [6.45, 7) is 2.41. The number of carbonyl (C=O) groups is 1. The number of nitrogens with one attached hydrogen (secondary N) is 2. The minimum Gasteiger partial charge on any atom is -0.493 e. The molecule has 6 nitrogen and oxygen atoms in total. The SMILES string of the molecule is O=C(Nc1ccc(OCC2CCCCC2)cc1)C1(n2cccn2)CCNCC1. The number of nitrogens with zero attached hydrogens (tertiary/aromatic N) is 2. The Balaban J connectivity index is 1.38. The van der Waals surface area contributed by atoms with Crippen LogP contribution < -0.4 is 15.4 Å². The maximum atomic E-state index is 13.2. The van der Waals surface area contributed by atoms with Gasteiger partial charge in [-0.3, -0.25) is 9.48 Å². The molecule has 0 bridgehead atoms. The van der Waals surface area contributed by atoms with E-state index < -0.39 is 5.54 Å². The van der Waals surface area contributed by atoms with E-state index in [4.69, 9.17) is 4.74 Å². The topological polar surface area (TPSA) is 68.2 Å². The molecule has 0 unspecified atom stereocenters. The van der Waals surface area contributed by atoms with Crippen LogP contribution in [0.15, 0.2) is 42.7 Å². The van der Waals surface area contributed by atoms with Gasteiger partial charge in [-0.05, 0) is 75.0 Å². The molecule has 6 heteroatoms. The van der Waals surface area contributed by atoms with E-state index in [2.05, 4.69) is 15.7 Å². The molecule has 0 spiro atoms. The second-order valence-electron chi connectivity index (χ2n) is 8.03. The predicted molar refractivity (Wildman–Crippen MR) is 109 cm³/mol. The van der Waals surface area contributed by atoms with Gasteiger partial charge in [0.2, 0.25) is 0 Å². The van der Waals surface area contributed by atoms with Crippen LogP contribution in [-0.4, -0.2) is 35.4 Å². The van der Waals surface area contributed by atoms with E-state index in [1.54, 1.807) is 6.20 Å². The van der Waals surface area contributed by atoms with Crippen LogP contribution in [0.25, 0.3) is 0 Å². The second kappa shape index (κ2) is 8.78. The third-order valence-corrected chi connectivity index (χ3v) is 6.12. The number of hydrogen-bond donors (Lipinski definition) is 2. The molecule has 1 aliphatic carbocycles. The van der Waals surface area contributed by atoms with Crippen LogP contribution >= 0.6 is 0 Å². The summed E-state index contributed by atoms with van der Waals surface area (Å²) >= 11 is 0. The number of aromatic nitrogens is 2.